The van der Waals surface area contributed by atoms with E-state index in [9.17, 15) is 22.8 Å². The van der Waals surface area contributed by atoms with E-state index in [0.29, 0.717) is 49.6 Å². The zero-order chi connectivity index (χ0) is 32.0. The molecule has 7 rings (SSSR count). The largest absolute Gasteiger partial charge is 0.421 e. The fourth-order valence-electron chi connectivity index (χ4n) is 5.86. The molecule has 3 aliphatic rings. The maximum atomic E-state index is 14.0. The average molecular weight is 630 g/mol. The van der Waals surface area contributed by atoms with Crippen LogP contribution in [0.1, 0.15) is 40.7 Å². The monoisotopic (exact) mass is 629 g/mol. The highest BCUT2D eigenvalue weighted by atomic mass is 19.4. The van der Waals surface area contributed by atoms with Crippen molar-refractivity contribution in [2.24, 2.45) is 0 Å². The molecule has 0 bridgehead atoms. The van der Waals surface area contributed by atoms with Crippen molar-refractivity contribution in [3.63, 3.8) is 0 Å². The predicted molar refractivity (Wildman–Crippen MR) is 167 cm³/mol. The van der Waals surface area contributed by atoms with Gasteiger partial charge in [-0.1, -0.05) is 6.07 Å². The number of carbonyl (C=O) groups is 2. The summed E-state index contributed by atoms with van der Waals surface area (Å²) in [5, 5.41) is 12.4. The van der Waals surface area contributed by atoms with Gasteiger partial charge in [-0.15, -0.1) is 0 Å². The molecule has 0 unspecified atom stereocenters. The van der Waals surface area contributed by atoms with Crippen molar-refractivity contribution in [2.45, 2.75) is 51.2 Å². The van der Waals surface area contributed by atoms with Crippen LogP contribution in [-0.4, -0.2) is 50.8 Å². The molecule has 14 heteroatoms. The minimum absolute atomic E-state index is 0.00242. The Kier molecular flexibility index (Phi) is 7.41. The fraction of sp³-hybridized carbons (Fsp3) is 0.312. The van der Waals surface area contributed by atoms with Gasteiger partial charge < -0.3 is 26.2 Å². The van der Waals surface area contributed by atoms with Crippen molar-refractivity contribution >= 4 is 52.3 Å². The molecule has 4 aromatic rings. The van der Waals surface area contributed by atoms with E-state index >= 15 is 0 Å². The average Bonchev–Trinajstić information content (AvgIpc) is 3.00. The van der Waals surface area contributed by atoms with E-state index in [1.165, 1.54) is 0 Å². The van der Waals surface area contributed by atoms with Crippen LogP contribution in [-0.2, 0) is 35.0 Å². The van der Waals surface area contributed by atoms with Gasteiger partial charge in [-0.2, -0.15) is 23.1 Å². The number of alkyl halides is 3. The number of hydrogen-bond donors (Lipinski definition) is 4. The quantitative estimate of drug-likeness (QED) is 0.213. The summed E-state index contributed by atoms with van der Waals surface area (Å²) in [5.41, 5.74) is 5.11. The van der Waals surface area contributed by atoms with E-state index in [1.54, 1.807) is 17.2 Å². The molecule has 46 heavy (non-hydrogen) atoms. The SMILES string of the molecule is Cc1cnc(Nc2ccc3c(c2)CCC(=O)N3)nc1NC1CN(c2nc(Nc3ccc4c(c3)CCC(=O)C4)ncc2C(F)(F)F)C1. The molecule has 2 aromatic carbocycles. The lowest BCUT2D eigenvalue weighted by atomic mass is 9.90. The molecule has 0 spiro atoms. The van der Waals surface area contributed by atoms with Crippen molar-refractivity contribution in [3.8, 4) is 0 Å². The first-order chi connectivity index (χ1) is 22.1. The summed E-state index contributed by atoms with van der Waals surface area (Å²) in [5.74, 6) is 0.987. The number of anilines is 7. The lowest BCUT2D eigenvalue weighted by Gasteiger charge is -2.41. The van der Waals surface area contributed by atoms with Crippen LogP contribution >= 0.6 is 0 Å². The molecule has 1 aliphatic carbocycles. The van der Waals surface area contributed by atoms with Gasteiger partial charge in [-0.3, -0.25) is 9.59 Å². The van der Waals surface area contributed by atoms with Crippen molar-refractivity contribution in [2.75, 3.05) is 39.3 Å². The Bertz CT molecular complexity index is 1860. The highest BCUT2D eigenvalue weighted by molar-refractivity contribution is 5.94. The number of aromatic nitrogens is 4. The summed E-state index contributed by atoms with van der Waals surface area (Å²) in [4.78, 5) is 42.2. The second kappa shape index (κ2) is 11.6. The molecule has 236 valence electrons. The lowest BCUT2D eigenvalue weighted by Crippen LogP contribution is -2.56. The molecule has 0 saturated carbocycles. The molecule has 0 radical (unpaired) electrons. The zero-order valence-corrected chi connectivity index (χ0v) is 24.8. The van der Waals surface area contributed by atoms with Gasteiger partial charge in [-0.25, -0.2) is 9.97 Å². The number of carbonyl (C=O) groups excluding carboxylic acids is 2. The van der Waals surface area contributed by atoms with Crippen molar-refractivity contribution in [1.82, 2.24) is 19.9 Å². The Morgan fingerprint density at radius 1 is 0.848 bits per heavy atom. The first kappa shape index (κ1) is 29.4. The second-order valence-corrected chi connectivity index (χ2v) is 11.8. The Morgan fingerprint density at radius 3 is 2.33 bits per heavy atom. The van der Waals surface area contributed by atoms with Crippen LogP contribution in [0.5, 0.6) is 0 Å². The third-order valence-corrected chi connectivity index (χ3v) is 8.35. The molecular formula is C32H30F3N9O2. The predicted octanol–water partition coefficient (Wildman–Crippen LogP) is 5.32. The van der Waals surface area contributed by atoms with E-state index in [2.05, 4.69) is 41.2 Å². The molecule has 4 N–H and O–H groups in total. The minimum Gasteiger partial charge on any atom is -0.363 e. The maximum Gasteiger partial charge on any atom is 0.421 e. The summed E-state index contributed by atoms with van der Waals surface area (Å²) >= 11 is 0. The third kappa shape index (κ3) is 6.14. The lowest BCUT2D eigenvalue weighted by molar-refractivity contribution is -0.137. The van der Waals surface area contributed by atoms with Crippen LogP contribution in [0.4, 0.5) is 53.8 Å². The van der Waals surface area contributed by atoms with Crippen LogP contribution < -0.4 is 26.2 Å². The van der Waals surface area contributed by atoms with Gasteiger partial charge in [0.2, 0.25) is 17.8 Å². The summed E-state index contributed by atoms with van der Waals surface area (Å²) in [6, 6.07) is 11.0. The second-order valence-electron chi connectivity index (χ2n) is 11.8. The molecule has 1 saturated heterocycles. The highest BCUT2D eigenvalue weighted by Crippen LogP contribution is 2.38. The molecule has 2 aromatic heterocycles. The Labute approximate surface area is 262 Å². The first-order valence-electron chi connectivity index (χ1n) is 15.0. The van der Waals surface area contributed by atoms with Gasteiger partial charge in [0.15, 0.2) is 0 Å². The number of halogens is 3. The summed E-state index contributed by atoms with van der Waals surface area (Å²) in [6.07, 6.45) is 0.431. The summed E-state index contributed by atoms with van der Waals surface area (Å²) in [6.45, 7) is 2.40. The fourth-order valence-corrected chi connectivity index (χ4v) is 5.86. The van der Waals surface area contributed by atoms with Gasteiger partial charge >= 0.3 is 6.18 Å². The van der Waals surface area contributed by atoms with Crippen LogP contribution in [0.15, 0.2) is 48.8 Å². The van der Waals surface area contributed by atoms with Gasteiger partial charge in [-0.05, 0) is 66.8 Å². The smallest absolute Gasteiger partial charge is 0.363 e. The van der Waals surface area contributed by atoms with Crippen LogP contribution in [0, 0.1) is 6.92 Å². The number of amides is 1. The van der Waals surface area contributed by atoms with Crippen LogP contribution in [0.3, 0.4) is 0 Å². The summed E-state index contributed by atoms with van der Waals surface area (Å²) in [7, 11) is 0. The Balaban J connectivity index is 1.03. The normalized spacial score (nSPS) is 16.2. The molecule has 1 amide bonds. The highest BCUT2D eigenvalue weighted by Gasteiger charge is 2.40. The van der Waals surface area contributed by atoms with E-state index < -0.39 is 11.7 Å². The standard InChI is InChI=1S/C32H30F3N9O2/c1-17-13-36-30(39-22-6-8-26-20(11-22)4-9-27(46)41-26)42-28(17)38-23-15-44(16-23)29-25(32(33,34)35)14-37-31(43-29)40-21-5-2-19-12-24(45)7-3-18(19)10-21/h2,5-6,8,10-11,13-14,23H,3-4,7,9,12,15-16H2,1H3,(H,41,46)(H,37,40,43)(H2,36,38,39,42). The topological polar surface area (TPSA) is 137 Å². The molecule has 0 atom stereocenters. The molecular weight excluding hydrogens is 599 g/mol. The molecule has 11 nitrogen and oxygen atoms in total. The van der Waals surface area contributed by atoms with Gasteiger partial charge in [0.1, 0.15) is 23.0 Å². The number of benzene rings is 2. The van der Waals surface area contributed by atoms with E-state index in [0.717, 1.165) is 39.8 Å². The molecule has 1 fully saturated rings. The first-order valence-corrected chi connectivity index (χ1v) is 15.0. The van der Waals surface area contributed by atoms with Gasteiger partial charge in [0, 0.05) is 67.4 Å². The number of aryl methyl sites for hydroxylation is 3. The van der Waals surface area contributed by atoms with Gasteiger partial charge in [0.05, 0.1) is 6.04 Å². The minimum atomic E-state index is -4.63. The zero-order valence-electron chi connectivity index (χ0n) is 24.8. The number of Topliss-reactive ketones (excluding diaryl/α,β-unsaturated/α-hetero) is 1. The number of nitrogens with zero attached hydrogens (tertiary/aromatic N) is 5. The number of ketones is 1. The third-order valence-electron chi connectivity index (χ3n) is 8.35. The number of nitrogens with one attached hydrogen (secondary N) is 4. The number of rotatable bonds is 7. The van der Waals surface area contributed by atoms with Crippen molar-refractivity contribution < 1.29 is 22.8 Å². The van der Waals surface area contributed by atoms with Crippen molar-refractivity contribution in [1.29, 1.82) is 0 Å². The Morgan fingerprint density at radius 2 is 1.54 bits per heavy atom. The van der Waals surface area contributed by atoms with E-state index in [1.807, 2.05) is 37.3 Å². The molecule has 4 heterocycles. The van der Waals surface area contributed by atoms with Crippen LogP contribution in [0.25, 0.3) is 0 Å². The van der Waals surface area contributed by atoms with Crippen LogP contribution in [0.2, 0.25) is 0 Å². The van der Waals surface area contributed by atoms with E-state index in [4.69, 9.17) is 0 Å². The maximum absolute atomic E-state index is 14.0. The Hall–Kier alpha value is -5.27. The van der Waals surface area contributed by atoms with E-state index in [-0.39, 0.29) is 42.6 Å². The molecule has 2 aliphatic heterocycles. The number of fused-ring (bicyclic) bond motifs is 2. The number of hydrogen-bond acceptors (Lipinski definition) is 10. The van der Waals surface area contributed by atoms with Gasteiger partial charge in [0.25, 0.3) is 0 Å². The summed E-state index contributed by atoms with van der Waals surface area (Å²) < 4.78 is 41.9. The van der Waals surface area contributed by atoms with Crippen molar-refractivity contribution in [3.05, 3.63) is 76.6 Å².